The van der Waals surface area contributed by atoms with Crippen LogP contribution in [0.1, 0.15) is 77.9 Å². The van der Waals surface area contributed by atoms with Gasteiger partial charge in [0.25, 0.3) is 0 Å². The predicted octanol–water partition coefficient (Wildman–Crippen LogP) is 9.21. The second-order valence-electron chi connectivity index (χ2n) is 12.8. The average Bonchev–Trinajstić information content (AvgIpc) is 3.59. The van der Waals surface area contributed by atoms with Crippen LogP contribution in [0.3, 0.4) is 0 Å². The van der Waals surface area contributed by atoms with Crippen LogP contribution in [0.25, 0.3) is 17.4 Å². The fraction of sp³-hybridized carbons (Fsp3) is 0.184. The van der Waals surface area contributed by atoms with Gasteiger partial charge in [0.2, 0.25) is 0 Å². The number of benzene rings is 3. The highest BCUT2D eigenvalue weighted by Gasteiger charge is 2.40. The highest BCUT2D eigenvalue weighted by atomic mass is 16.3. The number of anilines is 3. The zero-order valence-corrected chi connectivity index (χ0v) is 24.9. The largest absolute Gasteiger partial charge is 0.456 e. The summed E-state index contributed by atoms with van der Waals surface area (Å²) in [6, 6.07) is 29.9. The number of carbonyl (C=O) groups is 2. The molecule has 212 valence electrons. The Morgan fingerprint density at radius 2 is 1.37 bits per heavy atom. The van der Waals surface area contributed by atoms with Gasteiger partial charge in [-0.2, -0.15) is 0 Å². The van der Waals surface area contributed by atoms with E-state index >= 15 is 0 Å². The zero-order chi connectivity index (χ0) is 30.1. The van der Waals surface area contributed by atoms with Gasteiger partial charge in [-0.1, -0.05) is 77.1 Å². The third-order valence-electron chi connectivity index (χ3n) is 8.58. The number of ketones is 2. The van der Waals surface area contributed by atoms with Gasteiger partial charge in [-0.3, -0.25) is 14.6 Å². The standard InChI is InChI=1S/C38H32N2O3/c1-37(2,3)33-18-16-25(22-39-33)40(23-11-7-6-8-12-23)24-15-17-29-31(19-24)38(4,5)32-21-26(43-36(29)32)20-30-34(41)27-13-9-10-14-28(27)35(30)42/h6-22H,1-5H3. The number of allylic oxidation sites excluding steroid dienone is 1. The summed E-state index contributed by atoms with van der Waals surface area (Å²) >= 11 is 0. The van der Waals surface area contributed by atoms with Crippen molar-refractivity contribution in [3.63, 3.8) is 0 Å². The molecule has 0 amide bonds. The summed E-state index contributed by atoms with van der Waals surface area (Å²) < 4.78 is 6.36. The van der Waals surface area contributed by atoms with Crippen molar-refractivity contribution in [3.8, 4) is 11.3 Å². The second-order valence-corrected chi connectivity index (χ2v) is 12.8. The molecule has 0 unspecified atom stereocenters. The number of rotatable bonds is 4. The van der Waals surface area contributed by atoms with E-state index in [-0.39, 0.29) is 28.0 Å². The number of Topliss-reactive ketones (excluding diaryl/α,β-unsaturated/α-hetero) is 2. The van der Waals surface area contributed by atoms with Crippen LogP contribution in [0, 0.1) is 0 Å². The molecule has 0 spiro atoms. The molecule has 0 aliphatic heterocycles. The minimum atomic E-state index is -0.357. The lowest BCUT2D eigenvalue weighted by molar-refractivity contribution is 0.0990. The molecule has 5 nitrogen and oxygen atoms in total. The first kappa shape index (κ1) is 26.8. The number of hydrogen-bond donors (Lipinski definition) is 0. The lowest BCUT2D eigenvalue weighted by atomic mass is 9.82. The van der Waals surface area contributed by atoms with Crippen molar-refractivity contribution in [3.05, 3.63) is 136 Å². The summed E-state index contributed by atoms with van der Waals surface area (Å²) in [4.78, 5) is 33.0. The normalized spacial score (nSPS) is 14.9. The Hall–Kier alpha value is -5.03. The van der Waals surface area contributed by atoms with Crippen LogP contribution in [-0.4, -0.2) is 16.6 Å². The smallest absolute Gasteiger partial charge is 0.197 e. The second kappa shape index (κ2) is 9.50. The maximum atomic E-state index is 13.0. The van der Waals surface area contributed by atoms with Crippen molar-refractivity contribution in [2.24, 2.45) is 0 Å². The molecular weight excluding hydrogens is 532 g/mol. The van der Waals surface area contributed by atoms with Crippen molar-refractivity contribution in [2.75, 3.05) is 4.90 Å². The number of carbonyl (C=O) groups excluding carboxylic acids is 2. The Bertz CT molecular complexity index is 1920. The lowest BCUT2D eigenvalue weighted by Crippen LogP contribution is -2.17. The Balaban J connectivity index is 1.28. The molecule has 2 aromatic heterocycles. The third-order valence-corrected chi connectivity index (χ3v) is 8.58. The van der Waals surface area contributed by atoms with Gasteiger partial charge in [0.05, 0.1) is 17.5 Å². The minimum absolute atomic E-state index is 0.0371. The summed E-state index contributed by atoms with van der Waals surface area (Å²) in [5, 5.41) is 0. The third kappa shape index (κ3) is 4.26. The number of fused-ring (bicyclic) bond motifs is 4. The van der Waals surface area contributed by atoms with Gasteiger partial charge in [0, 0.05) is 50.2 Å². The van der Waals surface area contributed by atoms with E-state index in [1.54, 1.807) is 30.3 Å². The lowest BCUT2D eigenvalue weighted by Gasteiger charge is -2.28. The number of aromatic nitrogens is 1. The monoisotopic (exact) mass is 564 g/mol. The Morgan fingerprint density at radius 3 is 2.00 bits per heavy atom. The number of nitrogens with zero attached hydrogens (tertiary/aromatic N) is 2. The van der Waals surface area contributed by atoms with Crippen LogP contribution in [0.15, 0.2) is 107 Å². The molecule has 7 rings (SSSR count). The topological polar surface area (TPSA) is 63.4 Å². The van der Waals surface area contributed by atoms with Gasteiger partial charge in [0.1, 0.15) is 11.5 Å². The van der Waals surface area contributed by atoms with Crippen LogP contribution in [0.5, 0.6) is 0 Å². The number of furan rings is 1. The molecule has 0 fully saturated rings. The van der Waals surface area contributed by atoms with Crippen LogP contribution < -0.4 is 4.90 Å². The number of para-hydroxylation sites is 1. The fourth-order valence-electron chi connectivity index (χ4n) is 6.21. The van der Waals surface area contributed by atoms with Gasteiger partial charge < -0.3 is 9.32 Å². The molecular formula is C38H32N2O3. The SMILES string of the molecule is CC(C)(C)c1ccc(N(c2ccccc2)c2ccc3c(c2)C(C)(C)c2cc(C=C4C(=O)c5ccccc5C4=O)oc2-3)cn1. The molecule has 0 radical (unpaired) electrons. The van der Waals surface area contributed by atoms with E-state index in [1.807, 2.05) is 30.5 Å². The van der Waals surface area contributed by atoms with E-state index in [2.05, 4.69) is 82.0 Å². The zero-order valence-electron chi connectivity index (χ0n) is 24.9. The molecule has 0 bridgehead atoms. The molecule has 5 aromatic rings. The molecule has 2 aliphatic rings. The molecule has 43 heavy (non-hydrogen) atoms. The van der Waals surface area contributed by atoms with Gasteiger partial charge in [0.15, 0.2) is 11.6 Å². The first-order valence-electron chi connectivity index (χ1n) is 14.5. The van der Waals surface area contributed by atoms with E-state index in [1.165, 1.54) is 0 Å². The first-order valence-corrected chi connectivity index (χ1v) is 14.5. The van der Waals surface area contributed by atoms with Crippen molar-refractivity contribution in [1.29, 1.82) is 0 Å². The average molecular weight is 565 g/mol. The molecule has 0 saturated heterocycles. The highest BCUT2D eigenvalue weighted by molar-refractivity contribution is 6.41. The quantitative estimate of drug-likeness (QED) is 0.161. The Morgan fingerprint density at radius 1 is 0.721 bits per heavy atom. The Kier molecular flexibility index (Phi) is 5.93. The van der Waals surface area contributed by atoms with Crippen LogP contribution in [-0.2, 0) is 10.8 Å². The summed E-state index contributed by atoms with van der Waals surface area (Å²) in [5.74, 6) is 0.768. The maximum Gasteiger partial charge on any atom is 0.197 e. The Labute approximate surface area is 251 Å². The molecule has 0 saturated carbocycles. The van der Waals surface area contributed by atoms with Crippen molar-refractivity contribution < 1.29 is 14.0 Å². The summed E-state index contributed by atoms with van der Waals surface area (Å²) in [6.07, 6.45) is 3.54. The van der Waals surface area contributed by atoms with Gasteiger partial charge in [-0.25, -0.2) is 0 Å². The molecule has 0 atom stereocenters. The molecule has 3 aromatic carbocycles. The van der Waals surface area contributed by atoms with Crippen LogP contribution in [0.4, 0.5) is 17.1 Å². The van der Waals surface area contributed by atoms with Gasteiger partial charge in [-0.05, 0) is 60.2 Å². The molecule has 2 heterocycles. The maximum absolute atomic E-state index is 13.0. The minimum Gasteiger partial charge on any atom is -0.456 e. The van der Waals surface area contributed by atoms with E-state index in [9.17, 15) is 9.59 Å². The van der Waals surface area contributed by atoms with Crippen molar-refractivity contribution in [1.82, 2.24) is 4.98 Å². The van der Waals surface area contributed by atoms with Gasteiger partial charge >= 0.3 is 0 Å². The van der Waals surface area contributed by atoms with Crippen LogP contribution in [0.2, 0.25) is 0 Å². The van der Waals surface area contributed by atoms with Crippen molar-refractivity contribution >= 4 is 34.7 Å². The van der Waals surface area contributed by atoms with Crippen LogP contribution >= 0.6 is 0 Å². The highest BCUT2D eigenvalue weighted by Crippen LogP contribution is 2.52. The molecule has 0 N–H and O–H groups in total. The van der Waals surface area contributed by atoms with Gasteiger partial charge in [-0.15, -0.1) is 0 Å². The fourth-order valence-corrected chi connectivity index (χ4v) is 6.21. The van der Waals surface area contributed by atoms with E-state index < -0.39 is 0 Å². The summed E-state index contributed by atoms with van der Waals surface area (Å²) in [7, 11) is 0. The number of hydrogen-bond acceptors (Lipinski definition) is 5. The molecule has 2 aliphatic carbocycles. The predicted molar refractivity (Wildman–Crippen MR) is 171 cm³/mol. The number of pyridine rings is 1. The van der Waals surface area contributed by atoms with E-state index in [0.717, 1.165) is 45.2 Å². The summed E-state index contributed by atoms with van der Waals surface area (Å²) in [6.45, 7) is 10.9. The summed E-state index contributed by atoms with van der Waals surface area (Å²) in [5.41, 5.74) is 7.92. The van der Waals surface area contributed by atoms with E-state index in [0.29, 0.717) is 16.9 Å². The first-order chi connectivity index (χ1) is 20.5. The van der Waals surface area contributed by atoms with E-state index in [4.69, 9.17) is 9.40 Å². The molecule has 5 heteroatoms. The van der Waals surface area contributed by atoms with Crippen molar-refractivity contribution in [2.45, 2.75) is 45.4 Å².